The van der Waals surface area contributed by atoms with Gasteiger partial charge in [-0.15, -0.1) is 0 Å². The van der Waals surface area contributed by atoms with E-state index in [1.807, 2.05) is 0 Å². The number of hydrogen-bond acceptors (Lipinski definition) is 3. The molecule has 0 aliphatic heterocycles. The van der Waals surface area contributed by atoms with Gasteiger partial charge in [-0.25, -0.2) is 4.79 Å². The van der Waals surface area contributed by atoms with Gasteiger partial charge in [-0.2, -0.15) is 0 Å². The number of carbonyl (C=O) groups excluding carboxylic acids is 2. The Bertz CT molecular complexity index is 359. The Morgan fingerprint density at radius 1 is 1.32 bits per heavy atom. The van der Waals surface area contributed by atoms with Gasteiger partial charge >= 0.3 is 12.0 Å². The van der Waals surface area contributed by atoms with Crippen molar-refractivity contribution in [1.82, 2.24) is 15.5 Å². The van der Waals surface area contributed by atoms with E-state index in [-0.39, 0.29) is 24.5 Å². The monoisotopic (exact) mass is 271 g/mol. The molecule has 108 valence electrons. The van der Waals surface area contributed by atoms with Gasteiger partial charge in [0.25, 0.3) is 0 Å². The average molecular weight is 271 g/mol. The molecule has 0 spiro atoms. The second-order valence-electron chi connectivity index (χ2n) is 4.62. The van der Waals surface area contributed by atoms with Gasteiger partial charge in [0.1, 0.15) is 6.54 Å². The highest BCUT2D eigenvalue weighted by molar-refractivity contribution is 5.84. The van der Waals surface area contributed by atoms with E-state index in [0.717, 1.165) is 6.42 Å². The molecule has 1 aliphatic carbocycles. The zero-order valence-corrected chi connectivity index (χ0v) is 11.3. The summed E-state index contributed by atoms with van der Waals surface area (Å²) in [4.78, 5) is 35.6. The highest BCUT2D eigenvalue weighted by Crippen LogP contribution is 2.25. The Morgan fingerprint density at radius 2 is 2.00 bits per heavy atom. The third-order valence-electron chi connectivity index (χ3n) is 3.42. The van der Waals surface area contributed by atoms with Crippen LogP contribution < -0.4 is 10.6 Å². The van der Waals surface area contributed by atoms with Crippen LogP contribution in [-0.4, -0.2) is 54.1 Å². The number of aliphatic carboxylic acids is 1. The zero-order chi connectivity index (χ0) is 14.4. The van der Waals surface area contributed by atoms with Gasteiger partial charge < -0.3 is 20.6 Å². The minimum Gasteiger partial charge on any atom is -0.481 e. The number of amides is 3. The van der Waals surface area contributed by atoms with Gasteiger partial charge in [0, 0.05) is 19.6 Å². The Hall–Kier alpha value is -1.79. The van der Waals surface area contributed by atoms with E-state index < -0.39 is 11.9 Å². The number of nitrogens with zero attached hydrogens (tertiary/aromatic N) is 1. The molecular formula is C12H21N3O4. The first-order chi connectivity index (χ1) is 8.99. The molecule has 7 heteroatoms. The third-order valence-corrected chi connectivity index (χ3v) is 3.42. The van der Waals surface area contributed by atoms with Gasteiger partial charge in [0.05, 0.1) is 5.92 Å². The molecule has 0 heterocycles. The van der Waals surface area contributed by atoms with Crippen LogP contribution in [0.4, 0.5) is 4.79 Å². The van der Waals surface area contributed by atoms with Crippen LogP contribution in [0, 0.1) is 5.92 Å². The van der Waals surface area contributed by atoms with Crippen molar-refractivity contribution in [2.45, 2.75) is 32.2 Å². The van der Waals surface area contributed by atoms with Crippen LogP contribution >= 0.6 is 0 Å². The van der Waals surface area contributed by atoms with Crippen LogP contribution in [-0.2, 0) is 9.59 Å². The summed E-state index contributed by atoms with van der Waals surface area (Å²) in [5.41, 5.74) is 0. The van der Waals surface area contributed by atoms with Crippen LogP contribution in [0.5, 0.6) is 0 Å². The molecular weight excluding hydrogens is 250 g/mol. The van der Waals surface area contributed by atoms with Crippen molar-refractivity contribution in [2.24, 2.45) is 5.92 Å². The second kappa shape index (κ2) is 6.96. The van der Waals surface area contributed by atoms with Crippen molar-refractivity contribution in [2.75, 3.05) is 20.1 Å². The van der Waals surface area contributed by atoms with Crippen molar-refractivity contribution in [1.29, 1.82) is 0 Å². The molecule has 1 fully saturated rings. The maximum absolute atomic E-state index is 12.0. The summed E-state index contributed by atoms with van der Waals surface area (Å²) in [7, 11) is 1.51. The number of hydrogen-bond donors (Lipinski definition) is 3. The molecule has 1 rings (SSSR count). The number of nitrogens with one attached hydrogen (secondary N) is 2. The Balaban J connectivity index is 2.56. The van der Waals surface area contributed by atoms with Crippen LogP contribution in [0.25, 0.3) is 0 Å². The van der Waals surface area contributed by atoms with E-state index in [9.17, 15) is 14.4 Å². The molecule has 19 heavy (non-hydrogen) atoms. The van der Waals surface area contributed by atoms with Gasteiger partial charge in [0.15, 0.2) is 0 Å². The average Bonchev–Trinajstić information content (AvgIpc) is 2.83. The lowest BCUT2D eigenvalue weighted by Gasteiger charge is -2.24. The lowest BCUT2D eigenvalue weighted by atomic mass is 10.0. The van der Waals surface area contributed by atoms with E-state index >= 15 is 0 Å². The highest BCUT2D eigenvalue weighted by atomic mass is 16.4. The molecule has 7 nitrogen and oxygen atoms in total. The summed E-state index contributed by atoms with van der Waals surface area (Å²) >= 11 is 0. The van der Waals surface area contributed by atoms with Crippen LogP contribution in [0.2, 0.25) is 0 Å². The number of carbonyl (C=O) groups is 3. The Labute approximate surface area is 112 Å². The topological polar surface area (TPSA) is 98.7 Å². The first-order valence-corrected chi connectivity index (χ1v) is 6.48. The summed E-state index contributed by atoms with van der Waals surface area (Å²) in [5.74, 6) is -1.65. The second-order valence-corrected chi connectivity index (χ2v) is 4.62. The maximum Gasteiger partial charge on any atom is 0.318 e. The summed E-state index contributed by atoms with van der Waals surface area (Å²) in [6, 6.07) is -0.729. The summed E-state index contributed by atoms with van der Waals surface area (Å²) < 4.78 is 0. The number of rotatable bonds is 5. The van der Waals surface area contributed by atoms with Crippen molar-refractivity contribution in [3.05, 3.63) is 0 Å². The summed E-state index contributed by atoms with van der Waals surface area (Å²) in [6.45, 7) is 2.14. The fourth-order valence-electron chi connectivity index (χ4n) is 2.26. The molecule has 0 radical (unpaired) electrons. The Morgan fingerprint density at radius 3 is 2.53 bits per heavy atom. The van der Waals surface area contributed by atoms with Crippen molar-refractivity contribution in [3.8, 4) is 0 Å². The number of carboxylic acid groups (broad SMARTS) is 1. The van der Waals surface area contributed by atoms with E-state index in [4.69, 9.17) is 5.11 Å². The zero-order valence-electron chi connectivity index (χ0n) is 11.3. The standard InChI is InChI=1S/C12H21N3O4/c1-3-15(7-10(16)13-2)12(19)14-9-6-4-5-8(9)11(17)18/h8-9H,3-7H2,1-2H3,(H,13,16)(H,14,19)(H,17,18). The van der Waals surface area contributed by atoms with Gasteiger partial charge in [0.2, 0.25) is 5.91 Å². The van der Waals surface area contributed by atoms with Crippen molar-refractivity contribution >= 4 is 17.9 Å². The number of urea groups is 1. The lowest BCUT2D eigenvalue weighted by molar-refractivity contribution is -0.142. The maximum atomic E-state index is 12.0. The minimum atomic E-state index is -0.878. The summed E-state index contributed by atoms with van der Waals surface area (Å²) in [5, 5.41) is 14.2. The van der Waals surface area contributed by atoms with Crippen LogP contribution in [0.15, 0.2) is 0 Å². The highest BCUT2D eigenvalue weighted by Gasteiger charge is 2.34. The molecule has 0 aromatic heterocycles. The molecule has 1 saturated carbocycles. The van der Waals surface area contributed by atoms with Crippen molar-refractivity contribution in [3.63, 3.8) is 0 Å². The van der Waals surface area contributed by atoms with E-state index in [0.29, 0.717) is 19.4 Å². The Kier molecular flexibility index (Phi) is 5.59. The number of carboxylic acids is 1. The van der Waals surface area contributed by atoms with E-state index in [1.165, 1.54) is 11.9 Å². The number of likely N-dealkylation sites (N-methyl/N-ethyl adjacent to an activating group) is 2. The predicted octanol–water partition coefficient (Wildman–Crippen LogP) is 0.0172. The predicted molar refractivity (Wildman–Crippen MR) is 68.6 cm³/mol. The van der Waals surface area contributed by atoms with Gasteiger partial charge in [-0.1, -0.05) is 6.42 Å². The smallest absolute Gasteiger partial charge is 0.318 e. The summed E-state index contributed by atoms with van der Waals surface area (Å²) in [6.07, 6.45) is 2.05. The fraction of sp³-hybridized carbons (Fsp3) is 0.750. The largest absolute Gasteiger partial charge is 0.481 e. The molecule has 0 saturated heterocycles. The third kappa shape index (κ3) is 4.11. The molecule has 2 atom stereocenters. The first-order valence-electron chi connectivity index (χ1n) is 6.48. The molecule has 0 aromatic carbocycles. The SMILES string of the molecule is CCN(CC(=O)NC)C(=O)NC1CCCC1C(=O)O. The van der Waals surface area contributed by atoms with Crippen molar-refractivity contribution < 1.29 is 19.5 Å². The van der Waals surface area contributed by atoms with Gasteiger partial charge in [-0.3, -0.25) is 9.59 Å². The fourth-order valence-corrected chi connectivity index (χ4v) is 2.26. The van der Waals surface area contributed by atoms with E-state index in [1.54, 1.807) is 6.92 Å². The minimum absolute atomic E-state index is 0.0245. The normalized spacial score (nSPS) is 21.8. The molecule has 3 N–H and O–H groups in total. The lowest BCUT2D eigenvalue weighted by Crippen LogP contribution is -2.49. The van der Waals surface area contributed by atoms with Crippen LogP contribution in [0.3, 0.4) is 0 Å². The quantitative estimate of drug-likeness (QED) is 0.656. The molecule has 0 aromatic rings. The molecule has 2 unspecified atom stereocenters. The molecule has 3 amide bonds. The first kappa shape index (κ1) is 15.3. The molecule has 0 bridgehead atoms. The van der Waals surface area contributed by atoms with Gasteiger partial charge in [-0.05, 0) is 19.8 Å². The molecule has 1 aliphatic rings. The van der Waals surface area contributed by atoms with E-state index in [2.05, 4.69) is 10.6 Å². The van der Waals surface area contributed by atoms with Crippen LogP contribution in [0.1, 0.15) is 26.2 Å².